The molecular weight excluding hydrogens is 270 g/mol. The van der Waals surface area contributed by atoms with Crippen LogP contribution in [0, 0.1) is 0 Å². The van der Waals surface area contributed by atoms with Crippen molar-refractivity contribution in [3.8, 4) is 0 Å². The highest BCUT2D eigenvalue weighted by molar-refractivity contribution is 6.31. The largest absolute Gasteiger partial charge is 0.381 e. The molecule has 0 unspecified atom stereocenters. The second kappa shape index (κ2) is 5.27. The molecule has 0 atom stereocenters. The lowest BCUT2D eigenvalue weighted by atomic mass is 10.1. The normalized spacial score (nSPS) is 10.9. The smallest absolute Gasteiger partial charge is 0.302 e. The number of halogens is 1. The van der Waals surface area contributed by atoms with Gasteiger partial charge in [-0.1, -0.05) is 11.6 Å². The Balaban J connectivity index is 3.32. The Hall–Kier alpha value is -2.09. The van der Waals surface area contributed by atoms with E-state index in [0.717, 1.165) is 0 Å². The summed E-state index contributed by atoms with van der Waals surface area (Å²) in [6.07, 6.45) is 0. The van der Waals surface area contributed by atoms with Crippen molar-refractivity contribution in [2.24, 2.45) is 16.5 Å². The number of nitrogen functional groups attached to an aromatic ring is 1. The molecule has 0 aliphatic carbocycles. The summed E-state index contributed by atoms with van der Waals surface area (Å²) in [4.78, 5) is 23.1. The number of nitrogens with one attached hydrogen (secondary N) is 1. The number of rotatable bonds is 2. The minimum atomic E-state index is -0.749. The van der Waals surface area contributed by atoms with Gasteiger partial charge in [-0.2, -0.15) is 4.99 Å². The summed E-state index contributed by atoms with van der Waals surface area (Å²) in [6, 6.07) is 0. The highest BCUT2D eigenvalue weighted by Gasteiger charge is 2.21. The van der Waals surface area contributed by atoms with Crippen LogP contribution in [0.1, 0.15) is 31.3 Å². The zero-order chi connectivity index (χ0) is 14.8. The lowest BCUT2D eigenvalue weighted by molar-refractivity contribution is 0.0998. The predicted molar refractivity (Wildman–Crippen MR) is 75.0 cm³/mol. The molecule has 1 heterocycles. The first-order chi connectivity index (χ1) is 8.60. The van der Waals surface area contributed by atoms with Crippen LogP contribution in [0.4, 0.5) is 11.6 Å². The maximum atomic E-state index is 11.8. The summed E-state index contributed by atoms with van der Waals surface area (Å²) < 4.78 is 0. The highest BCUT2D eigenvalue weighted by Crippen LogP contribution is 2.22. The van der Waals surface area contributed by atoms with E-state index in [-0.39, 0.29) is 34.0 Å². The molecule has 0 aliphatic rings. The number of anilines is 2. The van der Waals surface area contributed by atoms with Gasteiger partial charge in [0.2, 0.25) is 0 Å². The molecule has 7 N–H and O–H groups in total. The Labute approximate surface area is 115 Å². The third-order valence-corrected chi connectivity index (χ3v) is 2.08. The van der Waals surface area contributed by atoms with Gasteiger partial charge in [0.25, 0.3) is 0 Å². The Morgan fingerprint density at radius 1 is 1.32 bits per heavy atom. The molecule has 1 amide bonds. The molecule has 8 nitrogen and oxygen atoms in total. The third kappa shape index (κ3) is 4.25. The molecule has 1 aromatic rings. The first-order valence-electron chi connectivity index (χ1n) is 5.35. The second-order valence-electron chi connectivity index (χ2n) is 4.81. The van der Waals surface area contributed by atoms with E-state index in [1.54, 1.807) is 0 Å². The Bertz CT molecular complexity index is 531. The zero-order valence-electron chi connectivity index (χ0n) is 10.9. The predicted octanol–water partition coefficient (Wildman–Crippen LogP) is 0.336. The molecule has 0 radical (unpaired) electrons. The van der Waals surface area contributed by atoms with Crippen LogP contribution in [-0.2, 0) is 0 Å². The van der Waals surface area contributed by atoms with Crippen molar-refractivity contribution in [2.45, 2.75) is 26.3 Å². The van der Waals surface area contributed by atoms with E-state index < -0.39 is 5.91 Å². The number of amides is 1. The molecule has 19 heavy (non-hydrogen) atoms. The van der Waals surface area contributed by atoms with Gasteiger partial charge in [-0.3, -0.25) is 4.79 Å². The topological polar surface area (TPSA) is 145 Å². The summed E-state index contributed by atoms with van der Waals surface area (Å²) in [5, 5.41) is 2.90. The van der Waals surface area contributed by atoms with E-state index in [9.17, 15) is 4.79 Å². The van der Waals surface area contributed by atoms with Crippen LogP contribution >= 0.6 is 11.6 Å². The Morgan fingerprint density at radius 3 is 2.37 bits per heavy atom. The van der Waals surface area contributed by atoms with Crippen molar-refractivity contribution >= 4 is 35.1 Å². The van der Waals surface area contributed by atoms with Crippen LogP contribution in [0.25, 0.3) is 0 Å². The van der Waals surface area contributed by atoms with Crippen LogP contribution in [-0.4, -0.2) is 27.4 Å². The molecule has 0 bridgehead atoms. The first-order valence-corrected chi connectivity index (χ1v) is 5.73. The van der Waals surface area contributed by atoms with E-state index in [2.05, 4.69) is 20.3 Å². The maximum absolute atomic E-state index is 11.8. The fraction of sp³-hybridized carbons (Fsp3) is 0.400. The molecular formula is C10H16ClN7O. The lowest BCUT2D eigenvalue weighted by Crippen LogP contribution is -2.29. The number of carbonyl (C=O) groups is 1. The fourth-order valence-corrected chi connectivity index (χ4v) is 1.32. The van der Waals surface area contributed by atoms with Crippen molar-refractivity contribution in [1.82, 2.24) is 9.97 Å². The van der Waals surface area contributed by atoms with Gasteiger partial charge in [0.05, 0.1) is 0 Å². The van der Waals surface area contributed by atoms with E-state index in [1.807, 2.05) is 20.8 Å². The average molecular weight is 286 g/mol. The number of guanidine groups is 1. The molecule has 104 valence electrons. The molecule has 0 aliphatic heterocycles. The molecule has 0 saturated carbocycles. The second-order valence-corrected chi connectivity index (χ2v) is 5.17. The van der Waals surface area contributed by atoms with Gasteiger partial charge in [0, 0.05) is 5.54 Å². The average Bonchev–Trinajstić information content (AvgIpc) is 2.19. The van der Waals surface area contributed by atoms with Crippen LogP contribution in [0.3, 0.4) is 0 Å². The van der Waals surface area contributed by atoms with Crippen LogP contribution in [0.15, 0.2) is 4.99 Å². The van der Waals surface area contributed by atoms with Gasteiger partial charge in [-0.05, 0) is 20.8 Å². The standard InChI is InChI=1S/C10H16ClN7O/c1-10(2,3)18-7-4(8(19)17-9(13)14)15-5(11)6(12)16-7/h1-3H3,(H3,12,16,18)(H4,13,14,17,19). The van der Waals surface area contributed by atoms with Crippen LogP contribution in [0.2, 0.25) is 5.15 Å². The molecule has 0 fully saturated rings. The van der Waals surface area contributed by atoms with Crippen molar-refractivity contribution in [2.75, 3.05) is 11.1 Å². The van der Waals surface area contributed by atoms with Crippen molar-refractivity contribution in [3.05, 3.63) is 10.8 Å². The Kier molecular flexibility index (Phi) is 4.15. The zero-order valence-corrected chi connectivity index (χ0v) is 11.6. The fourth-order valence-electron chi connectivity index (χ4n) is 1.19. The maximum Gasteiger partial charge on any atom is 0.302 e. The summed E-state index contributed by atoms with van der Waals surface area (Å²) in [7, 11) is 0. The molecule has 9 heteroatoms. The highest BCUT2D eigenvalue weighted by atomic mass is 35.5. The molecule has 1 rings (SSSR count). The number of nitrogens with two attached hydrogens (primary N) is 3. The summed E-state index contributed by atoms with van der Waals surface area (Å²) >= 11 is 5.75. The van der Waals surface area contributed by atoms with Gasteiger partial charge >= 0.3 is 5.91 Å². The Morgan fingerprint density at radius 2 is 1.89 bits per heavy atom. The van der Waals surface area contributed by atoms with Crippen molar-refractivity contribution in [3.63, 3.8) is 0 Å². The minimum absolute atomic E-state index is 0.00895. The lowest BCUT2D eigenvalue weighted by Gasteiger charge is -2.22. The number of aromatic nitrogens is 2. The summed E-state index contributed by atoms with van der Waals surface area (Å²) in [5.41, 5.74) is 15.4. The van der Waals surface area contributed by atoms with Gasteiger partial charge in [-0.25, -0.2) is 9.97 Å². The minimum Gasteiger partial charge on any atom is -0.381 e. The van der Waals surface area contributed by atoms with Gasteiger partial charge in [0.15, 0.2) is 28.4 Å². The monoisotopic (exact) mass is 285 g/mol. The van der Waals surface area contributed by atoms with E-state index >= 15 is 0 Å². The van der Waals surface area contributed by atoms with Gasteiger partial charge in [-0.15, -0.1) is 0 Å². The van der Waals surface area contributed by atoms with E-state index in [4.69, 9.17) is 28.8 Å². The SMILES string of the molecule is CC(C)(C)Nc1nc(N)c(Cl)nc1C(=O)N=C(N)N. The molecule has 0 spiro atoms. The first kappa shape index (κ1) is 15.0. The number of nitrogens with zero attached hydrogens (tertiary/aromatic N) is 3. The van der Waals surface area contributed by atoms with E-state index in [1.165, 1.54) is 0 Å². The third-order valence-electron chi connectivity index (χ3n) is 1.80. The number of carbonyl (C=O) groups excluding carboxylic acids is 1. The van der Waals surface area contributed by atoms with Crippen LogP contribution in [0.5, 0.6) is 0 Å². The van der Waals surface area contributed by atoms with Gasteiger partial charge < -0.3 is 22.5 Å². The number of hydrogen-bond acceptors (Lipinski definition) is 5. The molecule has 1 aromatic heterocycles. The van der Waals surface area contributed by atoms with Crippen molar-refractivity contribution < 1.29 is 4.79 Å². The molecule has 0 saturated heterocycles. The summed E-state index contributed by atoms with van der Waals surface area (Å²) in [6.45, 7) is 5.65. The quantitative estimate of drug-likeness (QED) is 0.452. The van der Waals surface area contributed by atoms with E-state index in [0.29, 0.717) is 0 Å². The van der Waals surface area contributed by atoms with Gasteiger partial charge in [0.1, 0.15) is 0 Å². The number of hydrogen-bond donors (Lipinski definition) is 4. The van der Waals surface area contributed by atoms with Crippen LogP contribution < -0.4 is 22.5 Å². The van der Waals surface area contributed by atoms with Crippen molar-refractivity contribution in [1.29, 1.82) is 0 Å². The molecule has 0 aromatic carbocycles. The number of aliphatic imine (C=N–C) groups is 1. The summed E-state index contributed by atoms with van der Waals surface area (Å²) in [5.74, 6) is -0.943.